The van der Waals surface area contributed by atoms with Crippen molar-refractivity contribution in [2.45, 2.75) is 6.42 Å². The van der Waals surface area contributed by atoms with Gasteiger partial charge in [-0.05, 0) is 46.2 Å². The number of hydrogen-bond donors (Lipinski definition) is 0. The van der Waals surface area contributed by atoms with Crippen LogP contribution in [0.15, 0.2) is 48.5 Å². The minimum atomic E-state index is 0.996. The molecule has 0 fully saturated rings. The molecule has 0 atom stereocenters. The van der Waals surface area contributed by atoms with E-state index in [9.17, 15) is 0 Å². The van der Waals surface area contributed by atoms with Gasteiger partial charge in [0.2, 0.25) is 0 Å². The Bertz CT molecular complexity index is 407. The van der Waals surface area contributed by atoms with E-state index in [0.717, 1.165) is 6.42 Å². The van der Waals surface area contributed by atoms with Crippen LogP contribution in [0.4, 0.5) is 0 Å². The fraction of sp³-hybridized carbons (Fsp3) is 0.0769. The summed E-state index contributed by atoms with van der Waals surface area (Å²) >= 11 is 2.33. The quantitative estimate of drug-likeness (QED) is 0.741. The first-order valence-corrected chi connectivity index (χ1v) is 5.63. The highest BCUT2D eigenvalue weighted by Gasteiger charge is 1.99. The molecule has 0 aliphatic rings. The Morgan fingerprint density at radius 1 is 1.00 bits per heavy atom. The molecule has 0 bridgehead atoms. The zero-order valence-electron chi connectivity index (χ0n) is 7.70. The smallest absolute Gasteiger partial charge is 0.0244 e. The van der Waals surface area contributed by atoms with Gasteiger partial charge in [0.1, 0.15) is 0 Å². The molecule has 0 amide bonds. The van der Waals surface area contributed by atoms with Crippen LogP contribution < -0.4 is 0 Å². The average Bonchev–Trinajstić information content (AvgIpc) is 2.23. The molecule has 1 heteroatoms. The summed E-state index contributed by atoms with van der Waals surface area (Å²) in [4.78, 5) is 0. The second kappa shape index (κ2) is 4.60. The molecule has 0 aliphatic heterocycles. The molecule has 0 saturated heterocycles. The van der Waals surface area contributed by atoms with Crippen molar-refractivity contribution in [1.29, 1.82) is 0 Å². The zero-order valence-corrected chi connectivity index (χ0v) is 9.86. The summed E-state index contributed by atoms with van der Waals surface area (Å²) < 4.78 is 1.22. The van der Waals surface area contributed by atoms with Crippen LogP contribution in [0, 0.1) is 9.64 Å². The monoisotopic (exact) mass is 293 g/mol. The molecular weight excluding hydrogens is 283 g/mol. The molecule has 0 unspecified atom stereocenters. The largest absolute Gasteiger partial charge is 0.0622 e. The molecule has 0 N–H and O–H groups in total. The Morgan fingerprint density at radius 2 is 1.79 bits per heavy atom. The average molecular weight is 293 g/mol. The van der Waals surface area contributed by atoms with Crippen molar-refractivity contribution in [3.8, 4) is 0 Å². The molecule has 69 valence electrons. The molecular formula is C13H10I. The molecule has 0 heterocycles. The lowest BCUT2D eigenvalue weighted by Crippen LogP contribution is -1.90. The Labute approximate surface area is 98.1 Å². The van der Waals surface area contributed by atoms with Gasteiger partial charge in [-0.15, -0.1) is 0 Å². The van der Waals surface area contributed by atoms with E-state index in [-0.39, 0.29) is 0 Å². The van der Waals surface area contributed by atoms with Crippen molar-refractivity contribution in [2.75, 3.05) is 0 Å². The molecule has 0 nitrogen and oxygen atoms in total. The molecule has 2 aromatic rings. The van der Waals surface area contributed by atoms with E-state index in [2.05, 4.69) is 59.0 Å². The van der Waals surface area contributed by atoms with E-state index in [4.69, 9.17) is 0 Å². The molecule has 2 aromatic carbocycles. The van der Waals surface area contributed by atoms with E-state index in [1.807, 2.05) is 18.2 Å². The minimum Gasteiger partial charge on any atom is -0.0622 e. The third-order valence-electron chi connectivity index (χ3n) is 2.12. The number of rotatable bonds is 2. The summed E-state index contributed by atoms with van der Waals surface area (Å²) in [6.45, 7) is 0. The van der Waals surface area contributed by atoms with E-state index in [1.165, 1.54) is 14.7 Å². The van der Waals surface area contributed by atoms with Crippen molar-refractivity contribution in [2.24, 2.45) is 0 Å². The first-order chi connectivity index (χ1) is 6.86. The van der Waals surface area contributed by atoms with Crippen molar-refractivity contribution in [3.63, 3.8) is 0 Å². The minimum absolute atomic E-state index is 0.996. The van der Waals surface area contributed by atoms with Crippen LogP contribution in [0.3, 0.4) is 0 Å². The lowest BCUT2D eigenvalue weighted by molar-refractivity contribution is 1.18. The van der Waals surface area contributed by atoms with Crippen LogP contribution in [0.5, 0.6) is 0 Å². The van der Waals surface area contributed by atoms with E-state index in [0.29, 0.717) is 0 Å². The summed E-state index contributed by atoms with van der Waals surface area (Å²) in [6, 6.07) is 19.9. The highest BCUT2D eigenvalue weighted by molar-refractivity contribution is 14.1. The molecule has 0 saturated carbocycles. The van der Waals surface area contributed by atoms with E-state index < -0.39 is 0 Å². The Balaban J connectivity index is 2.24. The lowest BCUT2D eigenvalue weighted by atomic mass is 10.1. The first kappa shape index (κ1) is 9.71. The van der Waals surface area contributed by atoms with Crippen LogP contribution in [0.2, 0.25) is 0 Å². The van der Waals surface area contributed by atoms with Gasteiger partial charge >= 0.3 is 0 Å². The normalized spacial score (nSPS) is 10.1. The van der Waals surface area contributed by atoms with Gasteiger partial charge in [0.25, 0.3) is 0 Å². The fourth-order valence-corrected chi connectivity index (χ4v) is 1.95. The molecule has 0 aliphatic carbocycles. The highest BCUT2D eigenvalue weighted by atomic mass is 127. The van der Waals surface area contributed by atoms with E-state index >= 15 is 0 Å². The Kier molecular flexibility index (Phi) is 3.19. The van der Waals surface area contributed by atoms with Crippen LogP contribution in [-0.2, 0) is 6.42 Å². The van der Waals surface area contributed by atoms with Gasteiger partial charge in [-0.3, -0.25) is 0 Å². The topological polar surface area (TPSA) is 0 Å². The van der Waals surface area contributed by atoms with Crippen LogP contribution in [0.25, 0.3) is 0 Å². The number of hydrogen-bond acceptors (Lipinski definition) is 0. The predicted octanol–water partition coefficient (Wildman–Crippen LogP) is 3.68. The molecule has 14 heavy (non-hydrogen) atoms. The van der Waals surface area contributed by atoms with Gasteiger partial charge in [-0.2, -0.15) is 0 Å². The third-order valence-corrected chi connectivity index (χ3v) is 3.13. The Hall–Kier alpha value is -0.830. The van der Waals surface area contributed by atoms with Crippen LogP contribution in [-0.4, -0.2) is 0 Å². The summed E-state index contributed by atoms with van der Waals surface area (Å²) in [5.41, 5.74) is 2.70. The summed E-state index contributed by atoms with van der Waals surface area (Å²) in [6.07, 6.45) is 0.996. The summed E-state index contributed by atoms with van der Waals surface area (Å²) in [5.74, 6) is 0. The molecule has 0 spiro atoms. The van der Waals surface area contributed by atoms with Crippen molar-refractivity contribution in [3.05, 3.63) is 69.3 Å². The maximum Gasteiger partial charge on any atom is 0.0244 e. The zero-order chi connectivity index (χ0) is 9.80. The third kappa shape index (κ3) is 2.35. The van der Waals surface area contributed by atoms with Gasteiger partial charge in [0, 0.05) is 3.57 Å². The maximum atomic E-state index is 3.21. The van der Waals surface area contributed by atoms with Gasteiger partial charge < -0.3 is 0 Å². The second-order valence-electron chi connectivity index (χ2n) is 3.17. The van der Waals surface area contributed by atoms with E-state index in [1.54, 1.807) is 0 Å². The SMILES string of the molecule is Ic1[c]cccc1Cc1ccccc1. The van der Waals surface area contributed by atoms with Crippen molar-refractivity contribution >= 4 is 22.6 Å². The Morgan fingerprint density at radius 3 is 2.50 bits per heavy atom. The lowest BCUT2D eigenvalue weighted by Gasteiger charge is -2.03. The first-order valence-electron chi connectivity index (χ1n) is 4.55. The van der Waals surface area contributed by atoms with Crippen LogP contribution >= 0.6 is 22.6 Å². The standard InChI is InChI=1S/C13H10I/c14-13-9-5-4-8-12(13)10-11-6-2-1-3-7-11/h1-8H,10H2. The van der Waals surface area contributed by atoms with Gasteiger partial charge in [-0.25, -0.2) is 0 Å². The van der Waals surface area contributed by atoms with Crippen LogP contribution in [0.1, 0.15) is 11.1 Å². The molecule has 0 aromatic heterocycles. The predicted molar refractivity (Wildman–Crippen MR) is 67.2 cm³/mol. The van der Waals surface area contributed by atoms with Gasteiger partial charge in [-0.1, -0.05) is 48.5 Å². The summed E-state index contributed by atoms with van der Waals surface area (Å²) in [5, 5.41) is 0. The number of benzene rings is 2. The number of halogens is 1. The van der Waals surface area contributed by atoms with Gasteiger partial charge in [0.15, 0.2) is 0 Å². The molecule has 2 rings (SSSR count). The van der Waals surface area contributed by atoms with Gasteiger partial charge in [0.05, 0.1) is 0 Å². The van der Waals surface area contributed by atoms with Crippen molar-refractivity contribution < 1.29 is 0 Å². The summed E-state index contributed by atoms with van der Waals surface area (Å²) in [7, 11) is 0. The van der Waals surface area contributed by atoms with Crippen molar-refractivity contribution in [1.82, 2.24) is 0 Å². The maximum absolute atomic E-state index is 3.21. The highest BCUT2D eigenvalue weighted by Crippen LogP contribution is 2.15. The second-order valence-corrected chi connectivity index (χ2v) is 4.25. The molecule has 1 radical (unpaired) electrons. The fourth-order valence-electron chi connectivity index (χ4n) is 1.40.